The summed E-state index contributed by atoms with van der Waals surface area (Å²) in [6.45, 7) is 0. The minimum atomic E-state index is 0. The Balaban J connectivity index is 0. The zero-order valence-electron chi connectivity index (χ0n) is 2.69. The fraction of sp³-hybridized carbons (Fsp3) is 0. The average Bonchev–Trinajstić information content (AvgIpc) is 0. The third-order valence-electron chi connectivity index (χ3n) is 0. The van der Waals surface area contributed by atoms with Crippen LogP contribution in [0.25, 0.3) is 0 Å². The molecule has 1 nitrogen and oxygen atoms in total. The van der Waals surface area contributed by atoms with E-state index in [2.05, 4.69) is 0 Å². The molecule has 0 bridgehead atoms. The standard InChI is InChI=1S/Cd.Ga.Ge.O.Pb/q;;;-2;+2. The maximum Gasteiger partial charge on any atom is 2.00 e. The first-order valence-corrected chi connectivity index (χ1v) is 0. The smallest absolute Gasteiger partial charge is 2.00 e. The SMILES string of the molecule is [Cd].[Ga].[Ge].[O-2].[Pb+2]. The van der Waals surface area contributed by atoms with E-state index in [1.807, 2.05) is 0 Å². The molecule has 0 heterocycles. The Bertz CT molecular complexity index is 11.6. The number of hydrogen-bond donors (Lipinski definition) is 0. The topological polar surface area (TPSA) is 28.5 Å². The molecule has 0 aliphatic carbocycles. The fourth-order valence-electron chi connectivity index (χ4n) is 0. The van der Waals surface area contributed by atoms with Crippen molar-refractivity contribution >= 4 is 64.7 Å². The predicted molar refractivity (Wildman–Crippen MR) is 17.9 cm³/mol. The first-order chi connectivity index (χ1) is 0. The Morgan fingerprint density at radius 2 is 1.00 bits per heavy atom. The molecule has 0 aliphatic heterocycles. The monoisotopic (exact) mass is 481 g/mol. The van der Waals surface area contributed by atoms with Crippen LogP contribution in [0.4, 0.5) is 0 Å². The molecule has 5 heavy (non-hydrogen) atoms. The van der Waals surface area contributed by atoms with Crippen molar-refractivity contribution in [3.63, 3.8) is 0 Å². The van der Waals surface area contributed by atoms with Crippen molar-refractivity contribution in [2.75, 3.05) is 0 Å². The van der Waals surface area contributed by atoms with E-state index in [4.69, 9.17) is 0 Å². The Hall–Kier alpha value is 2.98. The molecule has 0 spiro atoms. The molecular weight excluding hydrogens is 478 g/mol. The summed E-state index contributed by atoms with van der Waals surface area (Å²) < 4.78 is 0. The quantitative estimate of drug-likeness (QED) is 0.390. The van der Waals surface area contributed by atoms with Gasteiger partial charge in [-0.05, 0) is 0 Å². The van der Waals surface area contributed by atoms with Gasteiger partial charge in [-0.25, -0.2) is 0 Å². The summed E-state index contributed by atoms with van der Waals surface area (Å²) in [6, 6.07) is 0. The molecular formula is CdGaGeOPb. The fourth-order valence-corrected chi connectivity index (χ4v) is 0. The third-order valence-corrected chi connectivity index (χ3v) is 0. The summed E-state index contributed by atoms with van der Waals surface area (Å²) in [5.74, 6) is 0. The van der Waals surface area contributed by atoms with Crippen molar-refractivity contribution in [1.29, 1.82) is 0 Å². The van der Waals surface area contributed by atoms with Crippen molar-refractivity contribution in [3.8, 4) is 0 Å². The van der Waals surface area contributed by atoms with Crippen LogP contribution in [-0.2, 0) is 32.8 Å². The van der Waals surface area contributed by atoms with Crippen molar-refractivity contribution in [2.24, 2.45) is 0 Å². The molecule has 0 fully saturated rings. The van der Waals surface area contributed by atoms with Crippen LogP contribution in [0.3, 0.4) is 0 Å². The van der Waals surface area contributed by atoms with Gasteiger partial charge in [0, 0.05) is 64.7 Å². The summed E-state index contributed by atoms with van der Waals surface area (Å²) >= 11 is 0. The van der Waals surface area contributed by atoms with Crippen LogP contribution in [0, 0.1) is 0 Å². The van der Waals surface area contributed by atoms with Gasteiger partial charge in [0.05, 0.1) is 0 Å². The molecule has 5 heteroatoms. The van der Waals surface area contributed by atoms with E-state index in [1.54, 1.807) is 0 Å². The van der Waals surface area contributed by atoms with E-state index < -0.39 is 0 Å². The molecule has 0 saturated heterocycles. The van der Waals surface area contributed by atoms with E-state index >= 15 is 0 Å². The maximum atomic E-state index is 0. The van der Waals surface area contributed by atoms with Crippen LogP contribution >= 0.6 is 0 Å². The Morgan fingerprint density at radius 1 is 1.00 bits per heavy atom. The Morgan fingerprint density at radius 3 is 1.00 bits per heavy atom. The predicted octanol–water partition coefficient (Wildman–Crippen LogP) is -1.26. The minimum absolute atomic E-state index is 0. The molecule has 0 saturated carbocycles. The molecule has 9 radical (unpaired) electrons. The van der Waals surface area contributed by atoms with Gasteiger partial charge in [0.2, 0.25) is 0 Å². The minimum Gasteiger partial charge on any atom is -2.00 e. The second kappa shape index (κ2) is 28.1. The van der Waals surface area contributed by atoms with Crippen molar-refractivity contribution < 1.29 is 32.8 Å². The zero-order valence-corrected chi connectivity index (χ0v) is 15.1. The molecule has 0 amide bonds. The van der Waals surface area contributed by atoms with Gasteiger partial charge < -0.3 is 5.48 Å². The van der Waals surface area contributed by atoms with Crippen LogP contribution in [0.1, 0.15) is 0 Å². The summed E-state index contributed by atoms with van der Waals surface area (Å²) in [6.07, 6.45) is 0. The van der Waals surface area contributed by atoms with Crippen LogP contribution in [0.2, 0.25) is 0 Å². The average molecular weight is 478 g/mol. The van der Waals surface area contributed by atoms with Crippen LogP contribution in [0.15, 0.2) is 0 Å². The van der Waals surface area contributed by atoms with Gasteiger partial charge in [-0.1, -0.05) is 0 Å². The largest absolute Gasteiger partial charge is 2.00 e. The van der Waals surface area contributed by atoms with Crippen LogP contribution < -0.4 is 0 Å². The molecule has 0 aromatic carbocycles. The van der Waals surface area contributed by atoms with E-state index in [-0.39, 0.29) is 97.5 Å². The molecule has 19 valence electrons. The first kappa shape index (κ1) is 43.7. The van der Waals surface area contributed by atoms with Crippen LogP contribution in [-0.4, -0.2) is 64.7 Å². The summed E-state index contributed by atoms with van der Waals surface area (Å²) in [7, 11) is 0. The van der Waals surface area contributed by atoms with Gasteiger partial charge in [0.25, 0.3) is 0 Å². The Labute approximate surface area is 95.7 Å². The summed E-state index contributed by atoms with van der Waals surface area (Å²) in [4.78, 5) is 0. The zero-order chi connectivity index (χ0) is 0. The number of hydrogen-bond acceptors (Lipinski definition) is 0. The third kappa shape index (κ3) is 19.5. The van der Waals surface area contributed by atoms with Crippen molar-refractivity contribution in [2.45, 2.75) is 0 Å². The van der Waals surface area contributed by atoms with Gasteiger partial charge in [0.1, 0.15) is 0 Å². The summed E-state index contributed by atoms with van der Waals surface area (Å²) in [5.41, 5.74) is 0. The van der Waals surface area contributed by atoms with Crippen LogP contribution in [0.5, 0.6) is 0 Å². The molecule has 0 aromatic rings. The molecule has 0 atom stereocenters. The normalized spacial score (nSPS) is 0. The van der Waals surface area contributed by atoms with Crippen molar-refractivity contribution in [3.05, 3.63) is 0 Å². The summed E-state index contributed by atoms with van der Waals surface area (Å²) in [5, 5.41) is 0. The molecule has 0 unspecified atom stereocenters. The van der Waals surface area contributed by atoms with Gasteiger partial charge in [-0.3, -0.25) is 0 Å². The van der Waals surface area contributed by atoms with Gasteiger partial charge >= 0.3 is 27.3 Å². The van der Waals surface area contributed by atoms with Gasteiger partial charge in [-0.15, -0.1) is 0 Å². The first-order valence-electron chi connectivity index (χ1n) is 0. The van der Waals surface area contributed by atoms with Gasteiger partial charge in [0.15, 0.2) is 0 Å². The van der Waals surface area contributed by atoms with E-state index in [0.29, 0.717) is 0 Å². The second-order valence-electron chi connectivity index (χ2n) is 0. The van der Waals surface area contributed by atoms with Gasteiger partial charge in [-0.2, -0.15) is 0 Å². The van der Waals surface area contributed by atoms with E-state index in [9.17, 15) is 0 Å². The van der Waals surface area contributed by atoms with Crippen molar-refractivity contribution in [1.82, 2.24) is 0 Å². The Kier molecular flexibility index (Phi) is 246. The molecule has 0 aromatic heterocycles. The number of rotatable bonds is 0. The molecule has 0 N–H and O–H groups in total. The van der Waals surface area contributed by atoms with E-state index in [1.165, 1.54) is 0 Å². The second-order valence-corrected chi connectivity index (χ2v) is 0. The molecule has 0 rings (SSSR count). The maximum absolute atomic E-state index is 0. The van der Waals surface area contributed by atoms with E-state index in [0.717, 1.165) is 0 Å². The molecule has 0 aliphatic rings.